The van der Waals surface area contributed by atoms with Crippen molar-refractivity contribution in [1.82, 2.24) is 0 Å². The second-order valence-electron chi connectivity index (χ2n) is 5.29. The van der Waals surface area contributed by atoms with Crippen molar-refractivity contribution in [2.24, 2.45) is 5.92 Å². The minimum atomic E-state index is -0.106. The monoisotopic (exact) mass is 262 g/mol. The molecular weight excluding hydrogens is 240 g/mol. The Labute approximate surface area is 114 Å². The topological polar surface area (TPSA) is 64.3 Å². The number of carbonyl (C=O) groups is 1. The van der Waals surface area contributed by atoms with Crippen LogP contribution in [0.5, 0.6) is 0 Å². The van der Waals surface area contributed by atoms with E-state index in [-0.39, 0.29) is 12.5 Å². The molecule has 1 aliphatic carbocycles. The van der Waals surface area contributed by atoms with Gasteiger partial charge in [-0.05, 0) is 49.4 Å². The molecule has 0 aromatic heterocycles. The van der Waals surface area contributed by atoms with Gasteiger partial charge in [0.25, 0.3) is 0 Å². The van der Waals surface area contributed by atoms with Gasteiger partial charge in [0, 0.05) is 11.4 Å². The highest BCUT2D eigenvalue weighted by atomic mass is 16.5. The zero-order valence-electron chi connectivity index (χ0n) is 11.4. The summed E-state index contributed by atoms with van der Waals surface area (Å²) < 4.78 is 5.48. The normalized spacial score (nSPS) is 15.6. The van der Waals surface area contributed by atoms with Crippen molar-refractivity contribution in [3.63, 3.8) is 0 Å². The average Bonchev–Trinajstić information content (AvgIpc) is 2.86. The highest BCUT2D eigenvalue weighted by Gasteiger charge is 2.15. The number of amides is 1. The van der Waals surface area contributed by atoms with Gasteiger partial charge in [0.2, 0.25) is 5.91 Å². The second-order valence-corrected chi connectivity index (χ2v) is 5.29. The van der Waals surface area contributed by atoms with Crippen molar-refractivity contribution in [1.29, 1.82) is 0 Å². The Bertz CT molecular complexity index is 440. The molecule has 0 saturated heterocycles. The van der Waals surface area contributed by atoms with Gasteiger partial charge in [-0.2, -0.15) is 0 Å². The van der Waals surface area contributed by atoms with Crippen LogP contribution >= 0.6 is 0 Å². The molecule has 1 saturated carbocycles. The van der Waals surface area contributed by atoms with Crippen LogP contribution in [0.25, 0.3) is 0 Å². The van der Waals surface area contributed by atoms with Gasteiger partial charge in [-0.3, -0.25) is 4.79 Å². The molecule has 3 N–H and O–H groups in total. The van der Waals surface area contributed by atoms with E-state index in [1.54, 1.807) is 6.07 Å². The fourth-order valence-corrected chi connectivity index (χ4v) is 2.51. The number of nitrogens with one attached hydrogen (secondary N) is 1. The zero-order chi connectivity index (χ0) is 13.7. The van der Waals surface area contributed by atoms with Gasteiger partial charge in [-0.1, -0.05) is 12.8 Å². The Morgan fingerprint density at radius 1 is 1.42 bits per heavy atom. The quantitative estimate of drug-likeness (QED) is 0.802. The van der Waals surface area contributed by atoms with Crippen molar-refractivity contribution in [3.05, 3.63) is 23.8 Å². The largest absolute Gasteiger partial charge is 0.399 e. The molecule has 4 heteroatoms. The van der Waals surface area contributed by atoms with Gasteiger partial charge in [0.1, 0.15) is 6.61 Å². The summed E-state index contributed by atoms with van der Waals surface area (Å²) in [5.41, 5.74) is 8.13. The Kier molecular flexibility index (Phi) is 4.80. The van der Waals surface area contributed by atoms with Crippen molar-refractivity contribution in [3.8, 4) is 0 Å². The first kappa shape index (κ1) is 13.9. The standard InChI is InChI=1S/C15H22N2O2/c1-11-8-13(16)6-7-14(11)17-15(18)10-19-9-12-4-2-3-5-12/h6-8,12H,2-5,9-10,16H2,1H3,(H,17,18). The third-order valence-corrected chi connectivity index (χ3v) is 3.59. The average molecular weight is 262 g/mol. The number of carbonyl (C=O) groups excluding carboxylic acids is 1. The van der Waals surface area contributed by atoms with E-state index in [0.29, 0.717) is 18.2 Å². The predicted octanol–water partition coefficient (Wildman–Crippen LogP) is 2.72. The lowest BCUT2D eigenvalue weighted by atomic mass is 10.1. The van der Waals surface area contributed by atoms with Crippen LogP contribution in [-0.4, -0.2) is 19.1 Å². The van der Waals surface area contributed by atoms with E-state index in [4.69, 9.17) is 10.5 Å². The van der Waals surface area contributed by atoms with Crippen molar-refractivity contribution in [2.45, 2.75) is 32.6 Å². The Morgan fingerprint density at radius 3 is 2.84 bits per heavy atom. The molecule has 0 heterocycles. The molecule has 0 spiro atoms. The number of ether oxygens (including phenoxy) is 1. The number of hydrogen-bond donors (Lipinski definition) is 2. The van der Waals surface area contributed by atoms with Gasteiger partial charge in [0.05, 0.1) is 6.61 Å². The molecule has 1 aliphatic rings. The van der Waals surface area contributed by atoms with Crippen molar-refractivity contribution < 1.29 is 9.53 Å². The van der Waals surface area contributed by atoms with Crippen LogP contribution in [0.4, 0.5) is 11.4 Å². The van der Waals surface area contributed by atoms with E-state index >= 15 is 0 Å². The summed E-state index contributed by atoms with van der Waals surface area (Å²) in [5, 5.41) is 2.84. The SMILES string of the molecule is Cc1cc(N)ccc1NC(=O)COCC1CCCC1. The number of nitrogens with two attached hydrogens (primary N) is 1. The minimum Gasteiger partial charge on any atom is -0.399 e. The molecule has 104 valence electrons. The first-order chi connectivity index (χ1) is 9.15. The number of aryl methyl sites for hydroxylation is 1. The Balaban J connectivity index is 1.74. The van der Waals surface area contributed by atoms with Gasteiger partial charge < -0.3 is 15.8 Å². The first-order valence-electron chi connectivity index (χ1n) is 6.89. The smallest absolute Gasteiger partial charge is 0.250 e. The molecule has 1 amide bonds. The lowest BCUT2D eigenvalue weighted by Crippen LogP contribution is -2.20. The number of anilines is 2. The summed E-state index contributed by atoms with van der Waals surface area (Å²) in [6.45, 7) is 2.75. The summed E-state index contributed by atoms with van der Waals surface area (Å²) in [4.78, 5) is 11.8. The molecule has 1 aromatic carbocycles. The van der Waals surface area contributed by atoms with E-state index in [1.165, 1.54) is 25.7 Å². The fourth-order valence-electron chi connectivity index (χ4n) is 2.51. The lowest BCUT2D eigenvalue weighted by molar-refractivity contribution is -0.121. The maximum atomic E-state index is 11.8. The van der Waals surface area contributed by atoms with Crippen molar-refractivity contribution >= 4 is 17.3 Å². The fraction of sp³-hybridized carbons (Fsp3) is 0.533. The van der Waals surface area contributed by atoms with Crippen LogP contribution in [0, 0.1) is 12.8 Å². The number of nitrogen functional groups attached to an aromatic ring is 1. The minimum absolute atomic E-state index is 0.106. The number of hydrogen-bond acceptors (Lipinski definition) is 3. The molecule has 0 aliphatic heterocycles. The highest BCUT2D eigenvalue weighted by Crippen LogP contribution is 2.24. The van der Waals surface area contributed by atoms with Crippen LogP contribution in [0.15, 0.2) is 18.2 Å². The highest BCUT2D eigenvalue weighted by molar-refractivity contribution is 5.92. The van der Waals surface area contributed by atoms with Gasteiger partial charge >= 0.3 is 0 Å². The number of benzene rings is 1. The molecule has 4 nitrogen and oxygen atoms in total. The Hall–Kier alpha value is -1.55. The first-order valence-corrected chi connectivity index (χ1v) is 6.89. The molecule has 1 aromatic rings. The molecule has 0 bridgehead atoms. The van der Waals surface area contributed by atoms with E-state index in [1.807, 2.05) is 19.1 Å². The van der Waals surface area contributed by atoms with Crippen LogP contribution in [0.1, 0.15) is 31.2 Å². The molecule has 1 fully saturated rings. The van der Waals surface area contributed by atoms with E-state index in [2.05, 4.69) is 5.32 Å². The molecule has 2 rings (SSSR count). The van der Waals surface area contributed by atoms with Crippen LogP contribution < -0.4 is 11.1 Å². The molecule has 0 radical (unpaired) electrons. The van der Waals surface area contributed by atoms with Gasteiger partial charge in [-0.15, -0.1) is 0 Å². The van der Waals surface area contributed by atoms with Crippen LogP contribution in [0.3, 0.4) is 0 Å². The van der Waals surface area contributed by atoms with E-state index in [9.17, 15) is 4.79 Å². The summed E-state index contributed by atoms with van der Waals surface area (Å²) in [7, 11) is 0. The molecule has 19 heavy (non-hydrogen) atoms. The third kappa shape index (κ3) is 4.24. The lowest BCUT2D eigenvalue weighted by Gasteiger charge is -2.11. The molecular formula is C15H22N2O2. The maximum absolute atomic E-state index is 11.8. The number of rotatable bonds is 5. The predicted molar refractivity (Wildman–Crippen MR) is 77.0 cm³/mol. The van der Waals surface area contributed by atoms with Crippen LogP contribution in [-0.2, 0) is 9.53 Å². The Morgan fingerprint density at radius 2 is 2.16 bits per heavy atom. The summed E-state index contributed by atoms with van der Waals surface area (Å²) in [6.07, 6.45) is 5.06. The summed E-state index contributed by atoms with van der Waals surface area (Å²) >= 11 is 0. The molecule has 0 atom stereocenters. The second kappa shape index (κ2) is 6.57. The van der Waals surface area contributed by atoms with Gasteiger partial charge in [0.15, 0.2) is 0 Å². The van der Waals surface area contributed by atoms with E-state index < -0.39 is 0 Å². The van der Waals surface area contributed by atoms with E-state index in [0.717, 1.165) is 11.3 Å². The molecule has 0 unspecified atom stereocenters. The summed E-state index contributed by atoms with van der Waals surface area (Å²) in [6, 6.07) is 5.44. The van der Waals surface area contributed by atoms with Crippen molar-refractivity contribution in [2.75, 3.05) is 24.3 Å². The maximum Gasteiger partial charge on any atom is 0.250 e. The third-order valence-electron chi connectivity index (χ3n) is 3.59. The van der Waals surface area contributed by atoms with Crippen LogP contribution in [0.2, 0.25) is 0 Å². The summed E-state index contributed by atoms with van der Waals surface area (Å²) in [5.74, 6) is 0.539. The zero-order valence-corrected chi connectivity index (χ0v) is 11.4. The van der Waals surface area contributed by atoms with Gasteiger partial charge in [-0.25, -0.2) is 0 Å².